The molecule has 74 valence electrons. The molecule has 0 atom stereocenters. The average Bonchev–Trinajstić information content (AvgIpc) is 2.15. The fourth-order valence-corrected chi connectivity index (χ4v) is 0.874. The highest BCUT2D eigenvalue weighted by atomic mass is 35.5. The first kappa shape index (κ1) is 10.5. The van der Waals surface area contributed by atoms with Crippen molar-refractivity contribution < 1.29 is 19.1 Å². The lowest BCUT2D eigenvalue weighted by atomic mass is 10.2. The lowest BCUT2D eigenvalue weighted by Crippen LogP contribution is -2.08. The van der Waals surface area contributed by atoms with Crippen LogP contribution in [0.2, 0.25) is 0 Å². The van der Waals surface area contributed by atoms with Crippen LogP contribution in [0.4, 0.5) is 9.59 Å². The zero-order chi connectivity index (χ0) is 10.4. The van der Waals surface area contributed by atoms with Crippen molar-refractivity contribution in [2.75, 3.05) is 0 Å². The Balaban J connectivity index is 2.34. The normalized spacial score (nSPS) is 9.21. The van der Waals surface area contributed by atoms with Crippen LogP contribution in [-0.4, -0.2) is 11.6 Å². The molecule has 0 aliphatic rings. The standard InChI is InChI=1S/C9H7ClO4/c10-8(11)14-9(12)13-6-7-4-2-1-3-5-7/h1-5H,6H2. The minimum Gasteiger partial charge on any atom is -0.429 e. The van der Waals surface area contributed by atoms with E-state index in [0.717, 1.165) is 5.56 Å². The highest BCUT2D eigenvalue weighted by Gasteiger charge is 2.08. The number of benzene rings is 1. The maximum absolute atomic E-state index is 10.7. The lowest BCUT2D eigenvalue weighted by Gasteiger charge is -2.01. The third-order valence-electron chi connectivity index (χ3n) is 1.36. The molecule has 1 aromatic carbocycles. The fraction of sp³-hybridized carbons (Fsp3) is 0.111. The van der Waals surface area contributed by atoms with E-state index in [-0.39, 0.29) is 6.61 Å². The summed E-state index contributed by atoms with van der Waals surface area (Å²) in [6.07, 6.45) is -1.10. The summed E-state index contributed by atoms with van der Waals surface area (Å²) < 4.78 is 8.51. The molecular formula is C9H7ClO4. The molecule has 0 bridgehead atoms. The molecule has 0 aromatic heterocycles. The van der Waals surface area contributed by atoms with Crippen LogP contribution in [0, 0.1) is 0 Å². The topological polar surface area (TPSA) is 52.6 Å². The average molecular weight is 215 g/mol. The maximum atomic E-state index is 10.7. The van der Waals surface area contributed by atoms with Gasteiger partial charge in [-0.15, -0.1) is 0 Å². The van der Waals surface area contributed by atoms with E-state index in [1.807, 2.05) is 6.07 Å². The van der Waals surface area contributed by atoms with Crippen LogP contribution in [0.15, 0.2) is 30.3 Å². The monoisotopic (exact) mass is 214 g/mol. The van der Waals surface area contributed by atoms with Crippen molar-refractivity contribution in [3.05, 3.63) is 35.9 Å². The summed E-state index contributed by atoms with van der Waals surface area (Å²) >= 11 is 4.79. The van der Waals surface area contributed by atoms with Gasteiger partial charge in [0.25, 0.3) is 0 Å². The van der Waals surface area contributed by atoms with Crippen LogP contribution in [0.1, 0.15) is 5.56 Å². The molecule has 0 unspecified atom stereocenters. The van der Waals surface area contributed by atoms with Crippen molar-refractivity contribution in [2.24, 2.45) is 0 Å². The summed E-state index contributed by atoms with van der Waals surface area (Å²) in [7, 11) is 0. The Hall–Kier alpha value is -1.55. The summed E-state index contributed by atoms with van der Waals surface area (Å²) in [6.45, 7) is 0.0455. The smallest absolute Gasteiger partial charge is 0.429 e. The Morgan fingerprint density at radius 2 is 1.86 bits per heavy atom. The van der Waals surface area contributed by atoms with Crippen molar-refractivity contribution in [2.45, 2.75) is 6.61 Å². The Kier molecular flexibility index (Phi) is 3.94. The molecule has 0 radical (unpaired) electrons. The highest BCUT2D eigenvalue weighted by Crippen LogP contribution is 2.02. The SMILES string of the molecule is O=C(Cl)OC(=O)OCc1ccccc1. The van der Waals surface area contributed by atoms with Gasteiger partial charge in [0.1, 0.15) is 6.61 Å². The summed E-state index contributed by atoms with van der Waals surface area (Å²) in [4.78, 5) is 20.8. The molecule has 0 N–H and O–H groups in total. The van der Waals surface area contributed by atoms with Crippen LogP contribution in [-0.2, 0) is 16.1 Å². The molecule has 1 aromatic rings. The number of carbonyl (C=O) groups is 2. The number of rotatable bonds is 2. The molecule has 14 heavy (non-hydrogen) atoms. The number of hydrogen-bond acceptors (Lipinski definition) is 4. The first-order chi connectivity index (χ1) is 6.68. The van der Waals surface area contributed by atoms with Crippen molar-refractivity contribution in [1.82, 2.24) is 0 Å². The zero-order valence-electron chi connectivity index (χ0n) is 7.10. The van der Waals surface area contributed by atoms with Gasteiger partial charge in [0.2, 0.25) is 0 Å². The molecule has 0 aliphatic heterocycles. The summed E-state index contributed by atoms with van der Waals surface area (Å²) in [5.74, 6) is 0. The quantitative estimate of drug-likeness (QED) is 0.432. The van der Waals surface area contributed by atoms with Gasteiger partial charge in [-0.3, -0.25) is 0 Å². The molecule has 0 saturated heterocycles. The molecule has 0 fully saturated rings. The molecule has 5 heteroatoms. The minimum absolute atomic E-state index is 0.0455. The van der Waals surface area contributed by atoms with Crippen molar-refractivity contribution in [3.8, 4) is 0 Å². The van der Waals surface area contributed by atoms with Gasteiger partial charge in [0, 0.05) is 11.6 Å². The predicted molar refractivity (Wildman–Crippen MR) is 49.0 cm³/mol. The summed E-state index contributed by atoms with van der Waals surface area (Å²) in [5.41, 5.74) is -0.408. The van der Waals surface area contributed by atoms with Crippen LogP contribution < -0.4 is 0 Å². The molecule has 4 nitrogen and oxygen atoms in total. The number of carbonyl (C=O) groups excluding carboxylic acids is 2. The second kappa shape index (κ2) is 5.24. The Bertz CT molecular complexity index is 323. The largest absolute Gasteiger partial charge is 0.517 e. The zero-order valence-corrected chi connectivity index (χ0v) is 7.86. The summed E-state index contributed by atoms with van der Waals surface area (Å²) in [6, 6.07) is 8.99. The van der Waals surface area contributed by atoms with Crippen molar-refractivity contribution >= 4 is 23.2 Å². The van der Waals surface area contributed by atoms with Gasteiger partial charge in [0.05, 0.1) is 0 Å². The molecule has 0 amide bonds. The second-order valence-electron chi connectivity index (χ2n) is 2.36. The Morgan fingerprint density at radius 1 is 1.21 bits per heavy atom. The van der Waals surface area contributed by atoms with E-state index in [1.165, 1.54) is 0 Å². The highest BCUT2D eigenvalue weighted by molar-refractivity contribution is 6.61. The van der Waals surface area contributed by atoms with Crippen LogP contribution in [0.5, 0.6) is 0 Å². The van der Waals surface area contributed by atoms with Gasteiger partial charge in [-0.25, -0.2) is 9.59 Å². The molecular weight excluding hydrogens is 208 g/mol. The lowest BCUT2D eigenvalue weighted by molar-refractivity contribution is 0.0774. The molecule has 0 saturated carbocycles. The van der Waals surface area contributed by atoms with E-state index in [2.05, 4.69) is 9.47 Å². The van der Waals surface area contributed by atoms with E-state index in [0.29, 0.717) is 0 Å². The van der Waals surface area contributed by atoms with E-state index in [9.17, 15) is 9.59 Å². The minimum atomic E-state index is -1.21. The van der Waals surface area contributed by atoms with Crippen LogP contribution >= 0.6 is 11.6 Å². The number of hydrogen-bond donors (Lipinski definition) is 0. The molecule has 0 aliphatic carbocycles. The maximum Gasteiger partial charge on any atom is 0.517 e. The first-order valence-corrected chi connectivity index (χ1v) is 4.14. The van der Waals surface area contributed by atoms with E-state index >= 15 is 0 Å². The Morgan fingerprint density at radius 3 is 2.43 bits per heavy atom. The number of halogens is 1. The van der Waals surface area contributed by atoms with Gasteiger partial charge in [0.15, 0.2) is 0 Å². The predicted octanol–water partition coefficient (Wildman–Crippen LogP) is 2.70. The van der Waals surface area contributed by atoms with Gasteiger partial charge < -0.3 is 9.47 Å². The van der Waals surface area contributed by atoms with E-state index < -0.39 is 11.6 Å². The van der Waals surface area contributed by atoms with Gasteiger partial charge in [-0.1, -0.05) is 30.3 Å². The van der Waals surface area contributed by atoms with E-state index in [1.54, 1.807) is 24.3 Å². The second-order valence-corrected chi connectivity index (χ2v) is 2.67. The van der Waals surface area contributed by atoms with Crippen LogP contribution in [0.25, 0.3) is 0 Å². The number of ether oxygens (including phenoxy) is 2. The van der Waals surface area contributed by atoms with Gasteiger partial charge in [-0.05, 0) is 5.56 Å². The first-order valence-electron chi connectivity index (χ1n) is 3.76. The molecule has 1 rings (SSSR count). The third-order valence-corrected chi connectivity index (χ3v) is 1.44. The van der Waals surface area contributed by atoms with E-state index in [4.69, 9.17) is 11.6 Å². The van der Waals surface area contributed by atoms with Gasteiger partial charge >= 0.3 is 11.6 Å². The Labute approximate surface area is 85.4 Å². The van der Waals surface area contributed by atoms with Crippen LogP contribution in [0.3, 0.4) is 0 Å². The fourth-order valence-electron chi connectivity index (χ4n) is 0.811. The van der Waals surface area contributed by atoms with Gasteiger partial charge in [-0.2, -0.15) is 0 Å². The third kappa shape index (κ3) is 3.91. The molecule has 0 spiro atoms. The van der Waals surface area contributed by atoms with Crippen molar-refractivity contribution in [3.63, 3.8) is 0 Å². The summed E-state index contributed by atoms with van der Waals surface area (Å²) in [5, 5.41) is 0. The molecule has 0 heterocycles. The van der Waals surface area contributed by atoms with Crippen molar-refractivity contribution in [1.29, 1.82) is 0 Å².